The van der Waals surface area contributed by atoms with Gasteiger partial charge in [-0.25, -0.2) is 13.6 Å². The first-order valence-corrected chi connectivity index (χ1v) is 8.84. The van der Waals surface area contributed by atoms with Crippen LogP contribution in [0.25, 0.3) is 0 Å². The lowest BCUT2D eigenvalue weighted by Gasteiger charge is -2.39. The van der Waals surface area contributed by atoms with E-state index in [1.807, 2.05) is 19.9 Å². The minimum Gasteiger partial charge on any atom is -0.388 e. The summed E-state index contributed by atoms with van der Waals surface area (Å²) < 4.78 is 39.8. The van der Waals surface area contributed by atoms with Crippen molar-refractivity contribution in [3.8, 4) is 0 Å². The molecule has 2 aliphatic rings. The molecular weight excluding hydrogens is 374 g/mol. The first-order valence-electron chi connectivity index (χ1n) is 8.84. The Morgan fingerprint density at radius 3 is 2.79 bits per heavy atom. The summed E-state index contributed by atoms with van der Waals surface area (Å²) in [7, 11) is 0. The quantitative estimate of drug-likeness (QED) is 0.735. The second kappa shape index (κ2) is 7.12. The number of halogens is 2. The number of nitrogens with one attached hydrogen (secondary N) is 2. The van der Waals surface area contributed by atoms with Crippen molar-refractivity contribution >= 4 is 11.7 Å². The predicted octanol–water partition coefficient (Wildman–Crippen LogP) is 1.63. The van der Waals surface area contributed by atoms with Gasteiger partial charge in [0.25, 0.3) is 0 Å². The number of ether oxygens (including phenoxy) is 2. The van der Waals surface area contributed by atoms with Crippen LogP contribution in [0.1, 0.15) is 17.4 Å². The van der Waals surface area contributed by atoms with Gasteiger partial charge in [0.2, 0.25) is 0 Å². The maximum Gasteiger partial charge on any atom is 0.319 e. The number of amides is 2. The molecule has 8 nitrogen and oxygen atoms in total. The fraction of sp³-hybridized carbons (Fsp3) is 0.444. The highest BCUT2D eigenvalue weighted by Crippen LogP contribution is 2.36. The molecule has 5 atom stereocenters. The number of rotatable bonds is 3. The molecule has 0 unspecified atom stereocenters. The van der Waals surface area contributed by atoms with Crippen molar-refractivity contribution in [1.82, 2.24) is 15.1 Å². The van der Waals surface area contributed by atoms with Gasteiger partial charge in [-0.05, 0) is 32.0 Å². The van der Waals surface area contributed by atoms with Crippen LogP contribution in [-0.2, 0) is 9.47 Å². The van der Waals surface area contributed by atoms with Crippen LogP contribution in [0.4, 0.5) is 19.3 Å². The molecule has 150 valence electrons. The Morgan fingerprint density at radius 1 is 1.32 bits per heavy atom. The summed E-state index contributed by atoms with van der Waals surface area (Å²) in [5.74, 6) is -1.65. The molecular formula is C18H20F2N4O4. The van der Waals surface area contributed by atoms with Crippen molar-refractivity contribution in [1.29, 1.82) is 0 Å². The molecule has 4 rings (SSSR count). The van der Waals surface area contributed by atoms with E-state index in [4.69, 9.17) is 9.47 Å². The number of hydrogen-bond donors (Lipinski definition) is 3. The lowest BCUT2D eigenvalue weighted by atomic mass is 9.96. The first kappa shape index (κ1) is 18.8. The molecule has 10 heteroatoms. The van der Waals surface area contributed by atoms with Crippen LogP contribution in [-0.4, -0.2) is 52.1 Å². The molecule has 0 aliphatic carbocycles. The van der Waals surface area contributed by atoms with E-state index in [1.54, 1.807) is 4.68 Å². The Balaban J connectivity index is 1.52. The summed E-state index contributed by atoms with van der Waals surface area (Å²) in [6.45, 7) is 3.87. The lowest BCUT2D eigenvalue weighted by molar-refractivity contribution is -0.166. The van der Waals surface area contributed by atoms with E-state index in [-0.39, 0.29) is 12.3 Å². The third-order valence-corrected chi connectivity index (χ3v) is 4.94. The van der Waals surface area contributed by atoms with Crippen molar-refractivity contribution < 1.29 is 28.2 Å². The van der Waals surface area contributed by atoms with Gasteiger partial charge in [0.15, 0.2) is 6.29 Å². The Bertz CT molecular complexity index is 906. The topological polar surface area (TPSA) is 97.6 Å². The molecule has 2 fully saturated rings. The molecule has 2 bridgehead atoms. The van der Waals surface area contributed by atoms with Crippen LogP contribution < -0.4 is 10.6 Å². The van der Waals surface area contributed by atoms with E-state index in [9.17, 15) is 18.7 Å². The van der Waals surface area contributed by atoms with E-state index in [0.717, 1.165) is 23.5 Å². The number of carbonyl (C=O) groups excluding carboxylic acids is 1. The van der Waals surface area contributed by atoms with Gasteiger partial charge in [-0.2, -0.15) is 5.10 Å². The molecule has 3 heterocycles. The van der Waals surface area contributed by atoms with E-state index >= 15 is 0 Å². The second-order valence-corrected chi connectivity index (χ2v) is 6.98. The number of aryl methyl sites for hydroxylation is 2. The zero-order valence-electron chi connectivity index (χ0n) is 15.2. The number of urea groups is 1. The Kier molecular flexibility index (Phi) is 4.77. The van der Waals surface area contributed by atoms with Gasteiger partial charge in [-0.15, -0.1) is 0 Å². The van der Waals surface area contributed by atoms with E-state index in [1.165, 1.54) is 0 Å². The number of aliphatic hydroxyl groups excluding tert-OH is 1. The monoisotopic (exact) mass is 394 g/mol. The fourth-order valence-electron chi connectivity index (χ4n) is 3.69. The summed E-state index contributed by atoms with van der Waals surface area (Å²) in [5.41, 5.74) is 1.41. The van der Waals surface area contributed by atoms with E-state index in [2.05, 4.69) is 15.7 Å². The van der Waals surface area contributed by atoms with Crippen LogP contribution in [0.5, 0.6) is 0 Å². The standard InChI is InChI=1S/C18H20F2N4O4/c1-8-5-9(2)24(23-8)15-16(25)14(13-7-27-17(15)28-13)22-18(26)21-12-4-3-10(19)6-11(12)20/h3-6,13-17,25H,7H2,1-2H3,(H2,21,22,26)/t13-,14-,15-,16+,17-/m1/s1. The van der Waals surface area contributed by atoms with Crippen LogP contribution >= 0.6 is 0 Å². The van der Waals surface area contributed by atoms with Gasteiger partial charge in [-0.3, -0.25) is 4.68 Å². The van der Waals surface area contributed by atoms with Gasteiger partial charge in [0, 0.05) is 11.8 Å². The molecule has 3 N–H and O–H groups in total. The summed E-state index contributed by atoms with van der Waals surface area (Å²) in [4.78, 5) is 12.3. The van der Waals surface area contributed by atoms with Crippen molar-refractivity contribution in [2.24, 2.45) is 0 Å². The number of aromatic nitrogens is 2. The second-order valence-electron chi connectivity index (χ2n) is 6.98. The molecule has 1 aromatic carbocycles. The SMILES string of the molecule is Cc1cc(C)n([C@H]2[C@@H]3OC[C@@H](O3)[C@@H](NC(=O)Nc3ccc(F)cc3F)[C@@H]2O)n1. The molecule has 28 heavy (non-hydrogen) atoms. The van der Waals surface area contributed by atoms with Gasteiger partial charge in [0.05, 0.1) is 24.0 Å². The van der Waals surface area contributed by atoms with Crippen LogP contribution in [0.3, 0.4) is 0 Å². The smallest absolute Gasteiger partial charge is 0.319 e. The van der Waals surface area contributed by atoms with E-state index in [0.29, 0.717) is 6.07 Å². The Morgan fingerprint density at radius 2 is 2.11 bits per heavy atom. The summed E-state index contributed by atoms with van der Waals surface area (Å²) in [5, 5.41) is 20.2. The third-order valence-electron chi connectivity index (χ3n) is 4.94. The summed E-state index contributed by atoms with van der Waals surface area (Å²) >= 11 is 0. The minimum absolute atomic E-state index is 0.180. The number of carbonyl (C=O) groups is 1. The van der Waals surface area contributed by atoms with Crippen LogP contribution in [0.15, 0.2) is 24.3 Å². The molecule has 2 aromatic rings. The van der Waals surface area contributed by atoms with Crippen molar-refractivity contribution in [3.63, 3.8) is 0 Å². The fourth-order valence-corrected chi connectivity index (χ4v) is 3.69. The van der Waals surface area contributed by atoms with Crippen molar-refractivity contribution in [2.45, 2.75) is 44.4 Å². The zero-order valence-corrected chi connectivity index (χ0v) is 15.2. The normalized spacial score (nSPS) is 29.0. The molecule has 2 aliphatic heterocycles. The average molecular weight is 394 g/mol. The molecule has 0 saturated carbocycles. The number of hydrogen-bond acceptors (Lipinski definition) is 5. The molecule has 0 radical (unpaired) electrons. The van der Waals surface area contributed by atoms with Crippen molar-refractivity contribution in [3.05, 3.63) is 47.3 Å². The minimum atomic E-state index is -1.05. The van der Waals surface area contributed by atoms with Gasteiger partial charge in [-0.1, -0.05) is 0 Å². The predicted molar refractivity (Wildman–Crippen MR) is 93.7 cm³/mol. The van der Waals surface area contributed by atoms with Gasteiger partial charge >= 0.3 is 6.03 Å². The average Bonchev–Trinajstić information content (AvgIpc) is 3.19. The number of aliphatic hydroxyl groups is 1. The van der Waals surface area contributed by atoms with Gasteiger partial charge < -0.3 is 25.2 Å². The largest absolute Gasteiger partial charge is 0.388 e. The Labute approximate surface area is 159 Å². The highest BCUT2D eigenvalue weighted by molar-refractivity contribution is 5.89. The summed E-state index contributed by atoms with van der Waals surface area (Å²) in [6.07, 6.45) is -2.29. The zero-order chi connectivity index (χ0) is 20.0. The number of nitrogens with zero attached hydrogens (tertiary/aromatic N) is 2. The molecule has 1 aromatic heterocycles. The third kappa shape index (κ3) is 3.34. The number of benzene rings is 1. The lowest BCUT2D eigenvalue weighted by Crippen LogP contribution is -2.59. The highest BCUT2D eigenvalue weighted by Gasteiger charge is 2.52. The van der Waals surface area contributed by atoms with E-state index < -0.39 is 48.2 Å². The highest BCUT2D eigenvalue weighted by atomic mass is 19.1. The molecule has 2 amide bonds. The maximum atomic E-state index is 13.8. The van der Waals surface area contributed by atoms with Crippen LogP contribution in [0.2, 0.25) is 0 Å². The number of fused-ring (bicyclic) bond motifs is 2. The molecule has 0 spiro atoms. The maximum absolute atomic E-state index is 13.8. The van der Waals surface area contributed by atoms with Crippen molar-refractivity contribution in [2.75, 3.05) is 11.9 Å². The van der Waals surface area contributed by atoms with Crippen LogP contribution in [0, 0.1) is 25.5 Å². The molecule has 2 saturated heterocycles. The number of anilines is 1. The Hall–Kier alpha value is -2.56. The first-order chi connectivity index (χ1) is 13.3. The van der Waals surface area contributed by atoms with Gasteiger partial charge in [0.1, 0.15) is 29.9 Å². The summed E-state index contributed by atoms with van der Waals surface area (Å²) in [6, 6.07) is 2.46.